The lowest BCUT2D eigenvalue weighted by Gasteiger charge is -2.18. The summed E-state index contributed by atoms with van der Waals surface area (Å²) < 4.78 is 16.8. The van der Waals surface area contributed by atoms with E-state index in [1.54, 1.807) is 0 Å². The van der Waals surface area contributed by atoms with Crippen molar-refractivity contribution in [2.75, 3.05) is 13.2 Å². The molecule has 0 amide bonds. The van der Waals surface area contributed by atoms with E-state index in [9.17, 15) is 14.4 Å². The van der Waals surface area contributed by atoms with Crippen LogP contribution in [0.2, 0.25) is 0 Å². The minimum atomic E-state index is -0.771. The van der Waals surface area contributed by atoms with Crippen molar-refractivity contribution in [1.29, 1.82) is 0 Å². The highest BCUT2D eigenvalue weighted by atomic mass is 16.6. The Bertz CT molecular complexity index is 1280. The first-order chi connectivity index (χ1) is 36.5. The molecule has 0 bridgehead atoms. The Labute approximate surface area is 460 Å². The predicted molar refractivity (Wildman–Crippen MR) is 321 cm³/mol. The molecule has 0 saturated carbocycles. The lowest BCUT2D eigenvalue weighted by molar-refractivity contribution is -0.167. The molecule has 1 unspecified atom stereocenters. The highest BCUT2D eigenvalue weighted by Gasteiger charge is 2.19. The Kier molecular flexibility index (Phi) is 60.7. The smallest absolute Gasteiger partial charge is 0.306 e. The molecule has 0 rings (SSSR count). The van der Waals surface area contributed by atoms with Gasteiger partial charge in [0.25, 0.3) is 0 Å². The van der Waals surface area contributed by atoms with Crippen LogP contribution in [0, 0.1) is 0 Å². The van der Waals surface area contributed by atoms with Gasteiger partial charge in [0.2, 0.25) is 0 Å². The van der Waals surface area contributed by atoms with Crippen LogP contribution < -0.4 is 0 Å². The van der Waals surface area contributed by atoms with Crippen molar-refractivity contribution in [2.45, 2.75) is 354 Å². The van der Waals surface area contributed by atoms with Gasteiger partial charge in [0.1, 0.15) is 13.2 Å². The van der Waals surface area contributed by atoms with E-state index in [4.69, 9.17) is 14.2 Å². The summed E-state index contributed by atoms with van der Waals surface area (Å²) in [6.45, 7) is 6.61. The summed E-state index contributed by atoms with van der Waals surface area (Å²) in [5, 5.41) is 0. The van der Waals surface area contributed by atoms with Gasteiger partial charge in [-0.3, -0.25) is 14.4 Å². The molecule has 0 aromatic heterocycles. The fourth-order valence-corrected chi connectivity index (χ4v) is 9.62. The van der Waals surface area contributed by atoms with Crippen molar-refractivity contribution >= 4 is 17.9 Å². The van der Waals surface area contributed by atoms with Crippen LogP contribution in [0.15, 0.2) is 48.6 Å². The monoisotopic (exact) mass is 1040 g/mol. The fourth-order valence-electron chi connectivity index (χ4n) is 9.62. The Balaban J connectivity index is 4.06. The minimum absolute atomic E-state index is 0.0720. The molecule has 0 aliphatic rings. The molecule has 0 spiro atoms. The largest absolute Gasteiger partial charge is 0.462 e. The molecule has 1 atom stereocenters. The maximum atomic E-state index is 12.9. The summed E-state index contributed by atoms with van der Waals surface area (Å²) >= 11 is 0. The molecule has 0 aliphatic heterocycles. The molecular formula is C68H124O6. The number of carbonyl (C=O) groups is 3. The highest BCUT2D eigenvalue weighted by molar-refractivity contribution is 5.71. The Morgan fingerprint density at radius 1 is 0.270 bits per heavy atom. The average Bonchev–Trinajstić information content (AvgIpc) is 3.40. The Hall–Kier alpha value is -2.63. The van der Waals surface area contributed by atoms with Gasteiger partial charge in [-0.15, -0.1) is 0 Å². The number of hydrogen-bond donors (Lipinski definition) is 0. The topological polar surface area (TPSA) is 78.9 Å². The van der Waals surface area contributed by atoms with Crippen LogP contribution in [-0.2, 0) is 28.6 Å². The number of hydrogen-bond acceptors (Lipinski definition) is 6. The normalized spacial score (nSPS) is 12.3. The van der Waals surface area contributed by atoms with E-state index in [1.165, 1.54) is 238 Å². The number of carbonyl (C=O) groups excluding carboxylic acids is 3. The molecule has 0 aliphatic carbocycles. The van der Waals surface area contributed by atoms with E-state index in [0.717, 1.165) is 70.6 Å². The molecule has 0 N–H and O–H groups in total. The molecule has 6 nitrogen and oxygen atoms in total. The first-order valence-corrected chi connectivity index (χ1v) is 32.6. The van der Waals surface area contributed by atoms with E-state index in [1.807, 2.05) is 0 Å². The van der Waals surface area contributed by atoms with Gasteiger partial charge in [-0.25, -0.2) is 0 Å². The Morgan fingerprint density at radius 3 is 0.770 bits per heavy atom. The first-order valence-electron chi connectivity index (χ1n) is 32.6. The van der Waals surface area contributed by atoms with Crippen LogP contribution in [0.3, 0.4) is 0 Å². The quantitative estimate of drug-likeness (QED) is 0.0261. The molecule has 0 radical (unpaired) electrons. The maximum absolute atomic E-state index is 12.9. The summed E-state index contributed by atoms with van der Waals surface area (Å²) in [5.41, 5.74) is 0. The van der Waals surface area contributed by atoms with Crippen LogP contribution in [0.4, 0.5) is 0 Å². The van der Waals surface area contributed by atoms with Gasteiger partial charge in [-0.1, -0.05) is 294 Å². The van der Waals surface area contributed by atoms with Crippen molar-refractivity contribution in [3.05, 3.63) is 48.6 Å². The minimum Gasteiger partial charge on any atom is -0.462 e. The number of ether oxygens (including phenoxy) is 3. The van der Waals surface area contributed by atoms with Crippen molar-refractivity contribution < 1.29 is 28.6 Å². The van der Waals surface area contributed by atoms with Crippen molar-refractivity contribution in [2.24, 2.45) is 0 Å². The zero-order valence-electron chi connectivity index (χ0n) is 49.6. The van der Waals surface area contributed by atoms with Gasteiger partial charge in [-0.2, -0.15) is 0 Å². The van der Waals surface area contributed by atoms with Gasteiger partial charge in [-0.05, 0) is 83.5 Å². The first kappa shape index (κ1) is 71.4. The summed E-state index contributed by atoms with van der Waals surface area (Å²) in [7, 11) is 0. The van der Waals surface area contributed by atoms with E-state index in [2.05, 4.69) is 69.4 Å². The van der Waals surface area contributed by atoms with E-state index in [0.29, 0.717) is 19.3 Å². The standard InChI is InChI=1S/C68H124O6/c1-4-7-10-13-16-18-20-22-24-26-28-30-32-34-36-38-40-42-44-46-48-50-52-55-58-61-67(70)73-64-65(63-72-66(69)60-57-54-15-12-9-6-3)74-68(71)62-59-56-53-51-49-47-45-43-41-39-37-35-33-31-29-27-25-23-21-19-17-14-11-8-5-2/h20,22,26-29,32,34,65H,4-19,21,23-25,30-31,33,35-64H2,1-3H3/b22-20-,28-26-,29-27-,34-32-. The number of rotatable bonds is 60. The van der Waals surface area contributed by atoms with Crippen LogP contribution in [0.25, 0.3) is 0 Å². The fraction of sp³-hybridized carbons (Fsp3) is 0.838. The molecule has 0 fully saturated rings. The lowest BCUT2D eigenvalue weighted by Crippen LogP contribution is -2.30. The third-order valence-corrected chi connectivity index (χ3v) is 14.6. The zero-order chi connectivity index (χ0) is 53.6. The molecule has 0 aromatic carbocycles. The second kappa shape index (κ2) is 62.9. The highest BCUT2D eigenvalue weighted by Crippen LogP contribution is 2.17. The number of unbranched alkanes of at least 4 members (excludes halogenated alkanes) is 41. The number of esters is 3. The molecule has 0 heterocycles. The second-order valence-electron chi connectivity index (χ2n) is 22.0. The van der Waals surface area contributed by atoms with Crippen molar-refractivity contribution in [3.63, 3.8) is 0 Å². The zero-order valence-corrected chi connectivity index (χ0v) is 49.6. The van der Waals surface area contributed by atoms with Crippen LogP contribution in [-0.4, -0.2) is 37.2 Å². The Morgan fingerprint density at radius 2 is 0.486 bits per heavy atom. The molecule has 0 aromatic rings. The predicted octanol–water partition coefficient (Wildman–Crippen LogP) is 22.2. The summed E-state index contributed by atoms with van der Waals surface area (Å²) in [4.78, 5) is 38.0. The van der Waals surface area contributed by atoms with Crippen molar-refractivity contribution in [1.82, 2.24) is 0 Å². The van der Waals surface area contributed by atoms with E-state index in [-0.39, 0.29) is 31.1 Å². The van der Waals surface area contributed by atoms with E-state index >= 15 is 0 Å². The summed E-state index contributed by atoms with van der Waals surface area (Å²) in [5.74, 6) is -0.868. The van der Waals surface area contributed by atoms with Gasteiger partial charge in [0, 0.05) is 19.3 Å². The molecule has 6 heteroatoms. The molecular weight excluding hydrogens is 913 g/mol. The second-order valence-corrected chi connectivity index (χ2v) is 22.0. The van der Waals surface area contributed by atoms with Gasteiger partial charge in [0.15, 0.2) is 6.10 Å². The van der Waals surface area contributed by atoms with Crippen LogP contribution >= 0.6 is 0 Å². The molecule has 0 saturated heterocycles. The van der Waals surface area contributed by atoms with Crippen molar-refractivity contribution in [3.8, 4) is 0 Å². The summed E-state index contributed by atoms with van der Waals surface area (Å²) in [6.07, 6.45) is 78.7. The molecule has 74 heavy (non-hydrogen) atoms. The van der Waals surface area contributed by atoms with Crippen LogP contribution in [0.5, 0.6) is 0 Å². The third kappa shape index (κ3) is 60.2. The SMILES string of the molecule is CCCCCCC/C=C\C/C=C\C/C=C\CCCCCCCCCCCCC(=O)OCC(COC(=O)CCCCCCCC)OC(=O)CCCCCCCCCCCCCCC/C=C\CCCCCCCCCC. The van der Waals surface area contributed by atoms with Crippen LogP contribution in [0.1, 0.15) is 348 Å². The van der Waals surface area contributed by atoms with Gasteiger partial charge < -0.3 is 14.2 Å². The van der Waals surface area contributed by atoms with Gasteiger partial charge >= 0.3 is 17.9 Å². The number of allylic oxidation sites excluding steroid dienone is 8. The average molecular weight is 1040 g/mol. The lowest BCUT2D eigenvalue weighted by atomic mass is 10.0. The summed E-state index contributed by atoms with van der Waals surface area (Å²) in [6, 6.07) is 0. The third-order valence-electron chi connectivity index (χ3n) is 14.6. The molecule has 432 valence electrons. The maximum Gasteiger partial charge on any atom is 0.306 e. The van der Waals surface area contributed by atoms with Gasteiger partial charge in [0.05, 0.1) is 0 Å². The van der Waals surface area contributed by atoms with E-state index < -0.39 is 6.10 Å².